The van der Waals surface area contributed by atoms with Crippen LogP contribution in [-0.2, 0) is 19.9 Å². The molecule has 0 saturated carbocycles. The number of rotatable bonds is 10. The van der Waals surface area contributed by atoms with Gasteiger partial charge < -0.3 is 15.0 Å². The summed E-state index contributed by atoms with van der Waals surface area (Å²) in [6.07, 6.45) is 0.607. The Hall–Kier alpha value is -2.83. The second kappa shape index (κ2) is 12.6. The van der Waals surface area contributed by atoms with Gasteiger partial charge in [-0.3, -0.25) is 9.52 Å². The maximum atomic E-state index is 13.1. The van der Waals surface area contributed by atoms with Crippen LogP contribution in [0.15, 0.2) is 71.6 Å². The number of amides is 1. The van der Waals surface area contributed by atoms with Gasteiger partial charge in [0.1, 0.15) is 11.5 Å². The SMILES string of the molecule is O=C(NCCCN1CCS(=O)(=O)CC1)c1cc(Cl)ccc1NS(=O)(=O)c1ccc(Oc2ccccc2Cl)cc1. The third kappa shape index (κ3) is 8.09. The second-order valence-corrected chi connectivity index (χ2v) is 13.7. The lowest BCUT2D eigenvalue weighted by Crippen LogP contribution is -2.41. The van der Waals surface area contributed by atoms with Crippen molar-refractivity contribution in [1.29, 1.82) is 0 Å². The van der Waals surface area contributed by atoms with Crippen molar-refractivity contribution in [3.8, 4) is 11.5 Å². The lowest BCUT2D eigenvalue weighted by molar-refractivity contribution is 0.0952. The third-order valence-electron chi connectivity index (χ3n) is 6.04. The zero-order chi connectivity index (χ0) is 28.0. The molecule has 0 bridgehead atoms. The molecule has 2 N–H and O–H groups in total. The van der Waals surface area contributed by atoms with Gasteiger partial charge in [0.2, 0.25) is 0 Å². The molecule has 0 aromatic heterocycles. The number of para-hydroxylation sites is 1. The van der Waals surface area contributed by atoms with E-state index in [1.807, 2.05) is 4.90 Å². The number of sulfone groups is 1. The van der Waals surface area contributed by atoms with E-state index in [-0.39, 0.29) is 32.7 Å². The second-order valence-electron chi connectivity index (χ2n) is 8.90. The zero-order valence-corrected chi connectivity index (χ0v) is 23.9. The Bertz CT molecular complexity index is 1530. The van der Waals surface area contributed by atoms with Crippen molar-refractivity contribution in [2.45, 2.75) is 11.3 Å². The number of carbonyl (C=O) groups is 1. The number of hydrogen-bond donors (Lipinski definition) is 2. The van der Waals surface area contributed by atoms with Gasteiger partial charge in [-0.05, 0) is 67.6 Å². The molecular weight excluding hydrogens is 585 g/mol. The summed E-state index contributed by atoms with van der Waals surface area (Å²) < 4.78 is 57.5. The van der Waals surface area contributed by atoms with Crippen molar-refractivity contribution in [3.63, 3.8) is 0 Å². The fraction of sp³-hybridized carbons (Fsp3) is 0.269. The van der Waals surface area contributed by atoms with Gasteiger partial charge in [0.05, 0.1) is 32.7 Å². The largest absolute Gasteiger partial charge is 0.456 e. The minimum Gasteiger partial charge on any atom is -0.456 e. The van der Waals surface area contributed by atoms with Crippen LogP contribution in [0.5, 0.6) is 11.5 Å². The molecular formula is C26H27Cl2N3O6S2. The average molecular weight is 613 g/mol. The van der Waals surface area contributed by atoms with E-state index >= 15 is 0 Å². The maximum Gasteiger partial charge on any atom is 0.261 e. The summed E-state index contributed by atoms with van der Waals surface area (Å²) in [6, 6.07) is 17.0. The monoisotopic (exact) mass is 611 g/mol. The average Bonchev–Trinajstić information content (AvgIpc) is 2.90. The van der Waals surface area contributed by atoms with Crippen LogP contribution in [0.3, 0.4) is 0 Å². The van der Waals surface area contributed by atoms with E-state index in [2.05, 4.69) is 10.0 Å². The highest BCUT2D eigenvalue weighted by atomic mass is 35.5. The van der Waals surface area contributed by atoms with Crippen LogP contribution in [0.1, 0.15) is 16.8 Å². The van der Waals surface area contributed by atoms with Gasteiger partial charge >= 0.3 is 0 Å². The van der Waals surface area contributed by atoms with E-state index in [1.165, 1.54) is 42.5 Å². The summed E-state index contributed by atoms with van der Waals surface area (Å²) in [4.78, 5) is 14.9. The van der Waals surface area contributed by atoms with Gasteiger partial charge in [0.15, 0.2) is 9.84 Å². The Labute approximate surface area is 238 Å². The fourth-order valence-corrected chi connectivity index (χ4v) is 6.62. The molecule has 4 rings (SSSR count). The van der Waals surface area contributed by atoms with Gasteiger partial charge in [-0.15, -0.1) is 0 Å². The number of carbonyl (C=O) groups excluding carboxylic acids is 1. The normalized spacial score (nSPS) is 15.4. The molecule has 1 amide bonds. The summed E-state index contributed by atoms with van der Waals surface area (Å²) in [5.41, 5.74) is 0.156. The first kappa shape index (κ1) is 29.2. The van der Waals surface area contributed by atoms with Crippen LogP contribution in [0, 0.1) is 0 Å². The number of benzene rings is 3. The van der Waals surface area contributed by atoms with Crippen LogP contribution in [0.25, 0.3) is 0 Å². The van der Waals surface area contributed by atoms with Gasteiger partial charge in [-0.25, -0.2) is 16.8 Å². The quantitative estimate of drug-likeness (QED) is 0.325. The summed E-state index contributed by atoms with van der Waals surface area (Å²) in [7, 11) is -6.99. The molecule has 0 spiro atoms. The number of anilines is 1. The Balaban J connectivity index is 1.38. The van der Waals surface area contributed by atoms with E-state index in [0.717, 1.165) is 0 Å². The molecule has 0 radical (unpaired) electrons. The first-order valence-electron chi connectivity index (χ1n) is 12.1. The highest BCUT2D eigenvalue weighted by Crippen LogP contribution is 2.30. The molecule has 9 nitrogen and oxygen atoms in total. The molecule has 208 valence electrons. The van der Waals surface area contributed by atoms with Crippen LogP contribution < -0.4 is 14.8 Å². The molecule has 0 atom stereocenters. The third-order valence-corrected chi connectivity index (χ3v) is 9.58. The van der Waals surface area contributed by atoms with Crippen molar-refractivity contribution >= 4 is 54.7 Å². The summed E-state index contributed by atoms with van der Waals surface area (Å²) in [5.74, 6) is 0.638. The van der Waals surface area contributed by atoms with Gasteiger partial charge in [-0.2, -0.15) is 0 Å². The molecule has 1 fully saturated rings. The molecule has 13 heteroatoms. The zero-order valence-electron chi connectivity index (χ0n) is 20.8. The van der Waals surface area contributed by atoms with Gasteiger partial charge in [0, 0.05) is 24.7 Å². The highest BCUT2D eigenvalue weighted by molar-refractivity contribution is 7.92. The van der Waals surface area contributed by atoms with Crippen molar-refractivity contribution in [1.82, 2.24) is 10.2 Å². The van der Waals surface area contributed by atoms with Crippen molar-refractivity contribution < 1.29 is 26.4 Å². The Kier molecular flexibility index (Phi) is 9.39. The number of nitrogens with zero attached hydrogens (tertiary/aromatic N) is 1. The Morgan fingerprint density at radius 2 is 1.67 bits per heavy atom. The minimum absolute atomic E-state index is 0.0288. The predicted octanol–water partition coefficient (Wildman–Crippen LogP) is 4.44. The smallest absolute Gasteiger partial charge is 0.261 e. The van der Waals surface area contributed by atoms with Crippen molar-refractivity contribution in [3.05, 3.63) is 82.3 Å². The molecule has 1 aliphatic rings. The molecule has 0 aliphatic carbocycles. The van der Waals surface area contributed by atoms with Crippen LogP contribution in [0.4, 0.5) is 5.69 Å². The van der Waals surface area contributed by atoms with Gasteiger partial charge in [-0.1, -0.05) is 35.3 Å². The predicted molar refractivity (Wildman–Crippen MR) is 152 cm³/mol. The maximum absolute atomic E-state index is 13.1. The Morgan fingerprint density at radius 1 is 0.974 bits per heavy atom. The highest BCUT2D eigenvalue weighted by Gasteiger charge is 2.22. The van der Waals surface area contributed by atoms with Crippen molar-refractivity contribution in [2.75, 3.05) is 42.4 Å². The first-order chi connectivity index (χ1) is 18.5. The fourth-order valence-electron chi connectivity index (χ4n) is 3.91. The topological polar surface area (TPSA) is 122 Å². The molecule has 1 aliphatic heterocycles. The summed E-state index contributed by atoms with van der Waals surface area (Å²) in [5, 5.41) is 3.48. The van der Waals surface area contributed by atoms with Crippen LogP contribution in [0.2, 0.25) is 10.0 Å². The van der Waals surface area contributed by atoms with Crippen LogP contribution >= 0.6 is 23.2 Å². The number of nitrogens with one attached hydrogen (secondary N) is 2. The summed E-state index contributed by atoms with van der Waals surface area (Å²) >= 11 is 12.2. The minimum atomic E-state index is -4.04. The molecule has 3 aromatic carbocycles. The van der Waals surface area contributed by atoms with Crippen LogP contribution in [-0.4, -0.2) is 65.3 Å². The van der Waals surface area contributed by atoms with Gasteiger partial charge in [0.25, 0.3) is 15.9 Å². The van der Waals surface area contributed by atoms with E-state index < -0.39 is 25.8 Å². The lowest BCUT2D eigenvalue weighted by atomic mass is 10.1. The van der Waals surface area contributed by atoms with Crippen molar-refractivity contribution in [2.24, 2.45) is 0 Å². The summed E-state index contributed by atoms with van der Waals surface area (Å²) in [6.45, 7) is 1.92. The number of halogens is 2. The molecule has 1 saturated heterocycles. The molecule has 0 unspecified atom stereocenters. The number of ether oxygens (including phenoxy) is 1. The molecule has 1 heterocycles. The van der Waals surface area contributed by atoms with E-state index in [4.69, 9.17) is 27.9 Å². The number of hydrogen-bond acceptors (Lipinski definition) is 7. The molecule has 39 heavy (non-hydrogen) atoms. The standard InChI is InChI=1S/C26H27Cl2N3O6S2/c27-19-6-11-24(22(18-19)26(32)29-12-3-13-31-14-16-38(33,34)17-15-31)30-39(35,36)21-9-7-20(8-10-21)37-25-5-2-1-4-23(25)28/h1-2,4-11,18,30H,3,12-17H2,(H,29,32). The van der Waals surface area contributed by atoms with E-state index in [9.17, 15) is 21.6 Å². The van der Waals surface area contributed by atoms with E-state index in [0.29, 0.717) is 49.1 Å². The Morgan fingerprint density at radius 3 is 2.36 bits per heavy atom. The van der Waals surface area contributed by atoms with E-state index in [1.54, 1.807) is 24.3 Å². The molecule has 3 aromatic rings. The number of sulfonamides is 1. The first-order valence-corrected chi connectivity index (χ1v) is 16.1. The lowest BCUT2D eigenvalue weighted by Gasteiger charge is -2.26.